The minimum atomic E-state index is -0.195. The van der Waals surface area contributed by atoms with Gasteiger partial charge in [0.15, 0.2) is 0 Å². The maximum absolute atomic E-state index is 13.4. The van der Waals surface area contributed by atoms with Gasteiger partial charge in [0.2, 0.25) is 11.8 Å². The van der Waals surface area contributed by atoms with Crippen molar-refractivity contribution in [1.82, 2.24) is 10.6 Å². The van der Waals surface area contributed by atoms with Crippen LogP contribution in [0.25, 0.3) is 0 Å². The van der Waals surface area contributed by atoms with Crippen molar-refractivity contribution in [3.63, 3.8) is 0 Å². The van der Waals surface area contributed by atoms with Crippen molar-refractivity contribution in [3.05, 3.63) is 35.6 Å². The summed E-state index contributed by atoms with van der Waals surface area (Å²) in [5.41, 5.74) is 0.675. The Hall–Kier alpha value is -1.56. The molecule has 0 heterocycles. The minimum absolute atomic E-state index is 0.00113. The summed E-state index contributed by atoms with van der Waals surface area (Å²) in [5, 5.41) is 5.49. The molecule has 2 amide bonds. The van der Waals surface area contributed by atoms with E-state index in [1.165, 1.54) is 12.5 Å². The smallest absolute Gasteiger partial charge is 0.239 e. The van der Waals surface area contributed by atoms with Gasteiger partial charge in [-0.2, -0.15) is 11.8 Å². The molecule has 1 aromatic rings. The lowest BCUT2D eigenvalue weighted by atomic mass is 9.89. The molecule has 0 spiro atoms. The van der Waals surface area contributed by atoms with Crippen molar-refractivity contribution in [2.24, 2.45) is 5.92 Å². The second kappa shape index (κ2) is 10.3. The van der Waals surface area contributed by atoms with Crippen molar-refractivity contribution < 1.29 is 14.0 Å². The number of hydrogen-bond acceptors (Lipinski definition) is 3. The van der Waals surface area contributed by atoms with Gasteiger partial charge in [-0.3, -0.25) is 9.59 Å². The largest absolute Gasteiger partial charge is 0.354 e. The summed E-state index contributed by atoms with van der Waals surface area (Å²) in [6.07, 6.45) is 5.27. The molecule has 0 aromatic heterocycles. The van der Waals surface area contributed by atoms with E-state index in [1.807, 2.05) is 6.07 Å². The third kappa shape index (κ3) is 6.51. The van der Waals surface area contributed by atoms with Crippen LogP contribution in [-0.4, -0.2) is 30.7 Å². The molecular formula is C18H25FN2O2S. The van der Waals surface area contributed by atoms with Gasteiger partial charge in [-0.15, -0.1) is 0 Å². The van der Waals surface area contributed by atoms with Gasteiger partial charge in [-0.05, 0) is 24.5 Å². The number of thioether (sulfide) groups is 1. The fourth-order valence-corrected chi connectivity index (χ4v) is 3.64. The third-order valence-electron chi connectivity index (χ3n) is 4.18. The average molecular weight is 352 g/mol. The molecule has 1 aliphatic rings. The number of nitrogens with one attached hydrogen (secondary N) is 2. The highest BCUT2D eigenvalue weighted by Gasteiger charge is 2.21. The molecule has 24 heavy (non-hydrogen) atoms. The number of carbonyl (C=O) groups excluding carboxylic acids is 2. The van der Waals surface area contributed by atoms with Gasteiger partial charge in [0.25, 0.3) is 0 Å². The quantitative estimate of drug-likeness (QED) is 0.707. The first-order valence-electron chi connectivity index (χ1n) is 8.52. The van der Waals surface area contributed by atoms with E-state index in [2.05, 4.69) is 10.6 Å². The van der Waals surface area contributed by atoms with Crippen LogP contribution in [0.4, 0.5) is 4.39 Å². The zero-order valence-corrected chi connectivity index (χ0v) is 14.7. The number of carbonyl (C=O) groups is 2. The Morgan fingerprint density at radius 3 is 2.62 bits per heavy atom. The molecule has 6 heteroatoms. The Morgan fingerprint density at radius 1 is 1.12 bits per heavy atom. The molecule has 4 nitrogen and oxygen atoms in total. The predicted molar refractivity (Wildman–Crippen MR) is 95.2 cm³/mol. The molecule has 0 saturated heterocycles. The molecule has 132 valence electrons. The van der Waals surface area contributed by atoms with Crippen molar-refractivity contribution in [2.45, 2.75) is 37.9 Å². The van der Waals surface area contributed by atoms with Gasteiger partial charge in [0.05, 0.1) is 6.54 Å². The summed E-state index contributed by atoms with van der Waals surface area (Å²) in [7, 11) is 0. The van der Waals surface area contributed by atoms with Gasteiger partial charge in [0.1, 0.15) is 5.82 Å². The minimum Gasteiger partial charge on any atom is -0.354 e. The molecule has 2 rings (SSSR count). The van der Waals surface area contributed by atoms with Crippen LogP contribution in [0.5, 0.6) is 0 Å². The third-order valence-corrected chi connectivity index (χ3v) is 5.19. The standard InChI is InChI=1S/C18H25FN2O2S/c19-16-9-5-4-8-15(16)13-24-11-10-20-17(22)12-21-18(23)14-6-2-1-3-7-14/h4-5,8-9,14H,1-3,6-7,10-13H2,(H,20,22)(H,21,23). The first-order chi connectivity index (χ1) is 11.7. The summed E-state index contributed by atoms with van der Waals surface area (Å²) in [6, 6.07) is 6.70. The molecule has 1 saturated carbocycles. The van der Waals surface area contributed by atoms with E-state index in [0.717, 1.165) is 25.7 Å². The SMILES string of the molecule is O=C(CNC(=O)C1CCCCC1)NCCSCc1ccccc1F. The zero-order chi connectivity index (χ0) is 17.2. The normalized spacial score (nSPS) is 15.0. The summed E-state index contributed by atoms with van der Waals surface area (Å²) in [6.45, 7) is 0.546. The second-order valence-corrected chi connectivity index (χ2v) is 7.15. The van der Waals surface area contributed by atoms with Crippen LogP contribution < -0.4 is 10.6 Å². The highest BCUT2D eigenvalue weighted by Crippen LogP contribution is 2.23. The number of hydrogen-bond donors (Lipinski definition) is 2. The second-order valence-electron chi connectivity index (χ2n) is 6.05. The van der Waals surface area contributed by atoms with Gasteiger partial charge < -0.3 is 10.6 Å². The molecule has 0 unspecified atom stereocenters. The Balaban J connectivity index is 1.53. The van der Waals surface area contributed by atoms with Crippen molar-refractivity contribution in [1.29, 1.82) is 0 Å². The fourth-order valence-electron chi connectivity index (χ4n) is 2.80. The van der Waals surface area contributed by atoms with Crippen molar-refractivity contribution >= 4 is 23.6 Å². The summed E-state index contributed by atoms with van der Waals surface area (Å²) in [4.78, 5) is 23.7. The van der Waals surface area contributed by atoms with Crippen molar-refractivity contribution in [2.75, 3.05) is 18.8 Å². The average Bonchev–Trinajstić information content (AvgIpc) is 2.61. The Labute approximate surface area is 147 Å². The number of rotatable bonds is 8. The van der Waals surface area contributed by atoms with Crippen LogP contribution in [0, 0.1) is 11.7 Å². The van der Waals surface area contributed by atoms with E-state index in [9.17, 15) is 14.0 Å². The van der Waals surface area contributed by atoms with Crippen LogP contribution in [0.2, 0.25) is 0 Å². The monoisotopic (exact) mass is 352 g/mol. The molecule has 1 aromatic carbocycles. The number of halogens is 1. The first-order valence-corrected chi connectivity index (χ1v) is 9.68. The fraction of sp³-hybridized carbons (Fsp3) is 0.556. The summed E-state index contributed by atoms with van der Waals surface area (Å²) < 4.78 is 13.4. The lowest BCUT2D eigenvalue weighted by Gasteiger charge is -2.20. The van der Waals surface area contributed by atoms with E-state index < -0.39 is 0 Å². The van der Waals surface area contributed by atoms with E-state index in [-0.39, 0.29) is 30.1 Å². The topological polar surface area (TPSA) is 58.2 Å². The molecule has 0 radical (unpaired) electrons. The molecule has 0 atom stereocenters. The number of amides is 2. The van der Waals surface area contributed by atoms with E-state index in [4.69, 9.17) is 0 Å². The van der Waals surface area contributed by atoms with Gasteiger partial charge >= 0.3 is 0 Å². The predicted octanol–water partition coefficient (Wildman–Crippen LogP) is 2.87. The summed E-state index contributed by atoms with van der Waals surface area (Å²) >= 11 is 1.57. The van der Waals surface area contributed by atoms with E-state index in [0.29, 0.717) is 23.6 Å². The molecule has 0 bridgehead atoms. The lowest BCUT2D eigenvalue weighted by molar-refractivity contribution is -0.129. The van der Waals surface area contributed by atoms with Gasteiger partial charge in [-0.25, -0.2) is 4.39 Å². The Kier molecular flexibility index (Phi) is 8.08. The first kappa shape index (κ1) is 18.8. The van der Waals surface area contributed by atoms with Crippen LogP contribution in [0.15, 0.2) is 24.3 Å². The maximum atomic E-state index is 13.4. The lowest BCUT2D eigenvalue weighted by Crippen LogP contribution is -2.40. The number of benzene rings is 1. The Morgan fingerprint density at radius 2 is 1.88 bits per heavy atom. The van der Waals surface area contributed by atoms with Gasteiger partial charge in [-0.1, -0.05) is 37.5 Å². The van der Waals surface area contributed by atoms with E-state index in [1.54, 1.807) is 23.9 Å². The zero-order valence-electron chi connectivity index (χ0n) is 13.9. The molecule has 1 aliphatic carbocycles. The highest BCUT2D eigenvalue weighted by molar-refractivity contribution is 7.98. The summed E-state index contributed by atoms with van der Waals surface area (Å²) in [5.74, 6) is 0.990. The van der Waals surface area contributed by atoms with Crippen molar-refractivity contribution in [3.8, 4) is 0 Å². The molecule has 0 aliphatic heterocycles. The Bertz CT molecular complexity index is 548. The van der Waals surface area contributed by atoms with Crippen LogP contribution >= 0.6 is 11.8 Å². The van der Waals surface area contributed by atoms with Crippen LogP contribution in [0.3, 0.4) is 0 Å². The highest BCUT2D eigenvalue weighted by atomic mass is 32.2. The molecular weight excluding hydrogens is 327 g/mol. The van der Waals surface area contributed by atoms with Crippen LogP contribution in [0.1, 0.15) is 37.7 Å². The maximum Gasteiger partial charge on any atom is 0.239 e. The molecule has 1 fully saturated rings. The van der Waals surface area contributed by atoms with Crippen LogP contribution in [-0.2, 0) is 15.3 Å². The molecule has 2 N–H and O–H groups in total. The van der Waals surface area contributed by atoms with Gasteiger partial charge in [0, 0.05) is 24.0 Å². The van der Waals surface area contributed by atoms with E-state index >= 15 is 0 Å².